The molecule has 0 saturated carbocycles. The van der Waals surface area contributed by atoms with Crippen molar-refractivity contribution in [1.82, 2.24) is 16.2 Å². The Balaban J connectivity index is 1.94. The van der Waals surface area contributed by atoms with Gasteiger partial charge in [-0.2, -0.15) is 0 Å². The Labute approximate surface area is 134 Å². The molecule has 0 unspecified atom stereocenters. The second-order valence-electron chi connectivity index (χ2n) is 4.72. The average molecular weight is 315 g/mol. The second kappa shape index (κ2) is 7.51. The first kappa shape index (κ1) is 15.9. The third-order valence-corrected chi connectivity index (χ3v) is 3.32. The number of hydrogen-bond donors (Lipinski definition) is 3. The lowest BCUT2D eigenvalue weighted by Crippen LogP contribution is -2.48. The number of thiocarbonyl (C=S) groups is 1. The summed E-state index contributed by atoms with van der Waals surface area (Å²) < 4.78 is 0. The zero-order valence-electron chi connectivity index (χ0n) is 12.2. The fourth-order valence-corrected chi connectivity index (χ4v) is 2.20. The van der Waals surface area contributed by atoms with Crippen molar-refractivity contribution >= 4 is 39.9 Å². The normalized spacial score (nSPS) is 10.0. The summed E-state index contributed by atoms with van der Waals surface area (Å²) in [5.74, 6) is -0.440. The minimum atomic E-state index is -0.232. The third kappa shape index (κ3) is 4.26. The van der Waals surface area contributed by atoms with Gasteiger partial charge in [0.15, 0.2) is 5.11 Å². The van der Waals surface area contributed by atoms with E-state index in [1.165, 1.54) is 0 Å². The molecule has 0 saturated heterocycles. The van der Waals surface area contributed by atoms with Crippen molar-refractivity contribution in [2.75, 3.05) is 0 Å². The molecule has 0 radical (unpaired) electrons. The smallest absolute Gasteiger partial charge is 0.242 e. The Hall–Kier alpha value is -2.47. The van der Waals surface area contributed by atoms with E-state index in [4.69, 9.17) is 12.2 Å². The van der Waals surface area contributed by atoms with Gasteiger partial charge in [-0.05, 0) is 28.6 Å². The second-order valence-corrected chi connectivity index (χ2v) is 5.13. The van der Waals surface area contributed by atoms with E-state index in [1.54, 1.807) is 6.92 Å². The summed E-state index contributed by atoms with van der Waals surface area (Å²) >= 11 is 4.90. The maximum atomic E-state index is 12.0. The van der Waals surface area contributed by atoms with E-state index < -0.39 is 0 Å². The van der Waals surface area contributed by atoms with Crippen LogP contribution in [0.4, 0.5) is 0 Å². The van der Waals surface area contributed by atoms with Crippen molar-refractivity contribution in [3.63, 3.8) is 0 Å². The van der Waals surface area contributed by atoms with Crippen LogP contribution < -0.4 is 16.2 Å². The lowest BCUT2D eigenvalue weighted by atomic mass is 10.0. The first-order valence-corrected chi connectivity index (χ1v) is 7.36. The van der Waals surface area contributed by atoms with Gasteiger partial charge in [0, 0.05) is 6.42 Å². The van der Waals surface area contributed by atoms with Crippen molar-refractivity contribution in [3.05, 3.63) is 48.0 Å². The van der Waals surface area contributed by atoms with Crippen LogP contribution in [0.15, 0.2) is 42.5 Å². The van der Waals surface area contributed by atoms with E-state index >= 15 is 0 Å². The quantitative estimate of drug-likeness (QED) is 0.597. The average Bonchev–Trinajstić information content (AvgIpc) is 2.53. The molecule has 0 aliphatic heterocycles. The number of rotatable bonds is 3. The largest absolute Gasteiger partial charge is 0.302 e. The molecule has 0 aromatic heterocycles. The Morgan fingerprint density at radius 1 is 1.00 bits per heavy atom. The van der Waals surface area contributed by atoms with Gasteiger partial charge >= 0.3 is 0 Å². The first-order chi connectivity index (χ1) is 10.6. The maximum absolute atomic E-state index is 12.0. The van der Waals surface area contributed by atoms with Crippen LogP contribution in [0.1, 0.15) is 18.9 Å². The molecule has 0 heterocycles. The van der Waals surface area contributed by atoms with Crippen molar-refractivity contribution in [2.24, 2.45) is 0 Å². The molecule has 114 valence electrons. The van der Waals surface area contributed by atoms with Crippen LogP contribution >= 0.6 is 12.2 Å². The Morgan fingerprint density at radius 2 is 1.73 bits per heavy atom. The molecule has 0 fully saturated rings. The molecule has 0 aliphatic carbocycles. The highest BCUT2D eigenvalue weighted by molar-refractivity contribution is 7.80. The zero-order chi connectivity index (χ0) is 15.9. The minimum absolute atomic E-state index is 0.0816. The van der Waals surface area contributed by atoms with Crippen LogP contribution in [-0.2, 0) is 16.0 Å². The van der Waals surface area contributed by atoms with E-state index in [2.05, 4.69) is 16.2 Å². The summed E-state index contributed by atoms with van der Waals surface area (Å²) in [7, 11) is 0. The predicted molar refractivity (Wildman–Crippen MR) is 90.0 cm³/mol. The van der Waals surface area contributed by atoms with Crippen molar-refractivity contribution in [3.8, 4) is 0 Å². The summed E-state index contributed by atoms with van der Waals surface area (Å²) in [5.41, 5.74) is 5.93. The standard InChI is InChI=1S/C16H17N3O2S/c1-2-14(20)17-16(22)19-18-15(21)10-12-8-5-7-11-6-3-4-9-13(11)12/h3-9H,2,10H2,1H3,(H,18,21)(H2,17,19,20,22). The fourth-order valence-electron chi connectivity index (χ4n) is 2.04. The molecule has 3 N–H and O–H groups in total. The molecule has 2 aromatic carbocycles. The van der Waals surface area contributed by atoms with Crippen LogP contribution in [-0.4, -0.2) is 16.9 Å². The van der Waals surface area contributed by atoms with E-state index in [1.807, 2.05) is 42.5 Å². The molecule has 0 bridgehead atoms. The van der Waals surface area contributed by atoms with Crippen LogP contribution in [0.25, 0.3) is 10.8 Å². The molecular formula is C16H17N3O2S. The molecule has 6 heteroatoms. The van der Waals surface area contributed by atoms with Crippen LogP contribution in [0.5, 0.6) is 0 Å². The molecular weight excluding hydrogens is 298 g/mol. The van der Waals surface area contributed by atoms with E-state index in [9.17, 15) is 9.59 Å². The van der Waals surface area contributed by atoms with E-state index in [-0.39, 0.29) is 23.3 Å². The van der Waals surface area contributed by atoms with Crippen LogP contribution in [0.3, 0.4) is 0 Å². The zero-order valence-corrected chi connectivity index (χ0v) is 13.0. The highest BCUT2D eigenvalue weighted by atomic mass is 32.1. The van der Waals surface area contributed by atoms with Crippen molar-refractivity contribution in [2.45, 2.75) is 19.8 Å². The number of benzene rings is 2. The molecule has 22 heavy (non-hydrogen) atoms. The lowest BCUT2D eigenvalue weighted by Gasteiger charge is -2.11. The number of hydrazine groups is 1. The highest BCUT2D eigenvalue weighted by Gasteiger charge is 2.07. The van der Waals surface area contributed by atoms with Gasteiger partial charge in [0.05, 0.1) is 6.42 Å². The summed E-state index contributed by atoms with van der Waals surface area (Å²) in [6.45, 7) is 1.72. The molecule has 0 atom stereocenters. The van der Waals surface area contributed by atoms with Gasteiger partial charge in [-0.15, -0.1) is 0 Å². The summed E-state index contributed by atoms with van der Waals surface area (Å²) in [5, 5.41) is 4.66. The van der Waals surface area contributed by atoms with Gasteiger partial charge in [0.25, 0.3) is 0 Å². The molecule has 2 amide bonds. The number of amides is 2. The molecule has 2 aromatic rings. The van der Waals surface area contributed by atoms with Gasteiger partial charge in [-0.3, -0.25) is 20.4 Å². The SMILES string of the molecule is CCC(=O)NC(=S)NNC(=O)Cc1cccc2ccccc12. The van der Waals surface area contributed by atoms with Crippen LogP contribution in [0.2, 0.25) is 0 Å². The Kier molecular flexibility index (Phi) is 5.43. The Bertz CT molecular complexity index is 710. The van der Waals surface area contributed by atoms with Gasteiger partial charge in [-0.25, -0.2) is 0 Å². The van der Waals surface area contributed by atoms with E-state index in [0.29, 0.717) is 6.42 Å². The number of carbonyl (C=O) groups is 2. The van der Waals surface area contributed by atoms with Crippen LogP contribution in [0, 0.1) is 0 Å². The number of fused-ring (bicyclic) bond motifs is 1. The topological polar surface area (TPSA) is 70.2 Å². The third-order valence-electron chi connectivity index (χ3n) is 3.12. The summed E-state index contributed by atoms with van der Waals surface area (Å²) in [6, 6.07) is 13.7. The van der Waals surface area contributed by atoms with Crippen molar-refractivity contribution in [1.29, 1.82) is 0 Å². The summed E-state index contributed by atoms with van der Waals surface area (Å²) in [4.78, 5) is 23.1. The fraction of sp³-hybridized carbons (Fsp3) is 0.188. The predicted octanol–water partition coefficient (Wildman–Crippen LogP) is 1.81. The van der Waals surface area contributed by atoms with E-state index in [0.717, 1.165) is 16.3 Å². The summed E-state index contributed by atoms with van der Waals surface area (Å²) in [6.07, 6.45) is 0.546. The molecule has 0 aliphatic rings. The minimum Gasteiger partial charge on any atom is -0.302 e. The van der Waals surface area contributed by atoms with Gasteiger partial charge < -0.3 is 5.32 Å². The first-order valence-electron chi connectivity index (χ1n) is 6.95. The molecule has 0 spiro atoms. The highest BCUT2D eigenvalue weighted by Crippen LogP contribution is 2.18. The maximum Gasteiger partial charge on any atom is 0.242 e. The van der Waals surface area contributed by atoms with Gasteiger partial charge in [0.2, 0.25) is 11.8 Å². The number of carbonyl (C=O) groups excluding carboxylic acids is 2. The van der Waals surface area contributed by atoms with Gasteiger partial charge in [-0.1, -0.05) is 49.4 Å². The van der Waals surface area contributed by atoms with Gasteiger partial charge in [0.1, 0.15) is 0 Å². The molecule has 5 nitrogen and oxygen atoms in total. The number of hydrogen-bond acceptors (Lipinski definition) is 3. The number of nitrogens with one attached hydrogen (secondary N) is 3. The Morgan fingerprint density at radius 3 is 2.50 bits per heavy atom. The monoisotopic (exact) mass is 315 g/mol. The molecule has 2 rings (SSSR count). The van der Waals surface area contributed by atoms with Crippen molar-refractivity contribution < 1.29 is 9.59 Å². The lowest BCUT2D eigenvalue weighted by molar-refractivity contribution is -0.121.